The summed E-state index contributed by atoms with van der Waals surface area (Å²) in [6.07, 6.45) is 2.34. The highest BCUT2D eigenvalue weighted by Crippen LogP contribution is 2.33. The number of rotatable bonds is 4. The van der Waals surface area contributed by atoms with Crippen LogP contribution in [-0.4, -0.2) is 55.2 Å². The Balaban J connectivity index is 1.38. The number of carbonyl (C=O) groups excluding carboxylic acids is 1. The smallest absolute Gasteiger partial charge is 0.354 e. The second-order valence-corrected chi connectivity index (χ2v) is 7.36. The summed E-state index contributed by atoms with van der Waals surface area (Å²) < 4.78 is 37.1. The summed E-state index contributed by atoms with van der Waals surface area (Å²) in [4.78, 5) is 13.7. The Morgan fingerprint density at radius 3 is 2.74 bits per heavy atom. The number of nitrogens with zero attached hydrogens (tertiary/aromatic N) is 1. The number of likely N-dealkylation sites (tertiary alicyclic amines) is 1. The van der Waals surface area contributed by atoms with E-state index in [4.69, 9.17) is 0 Å². The number of hydrogen-bond donors (Lipinski definition) is 2. The molecule has 4 unspecified atom stereocenters. The zero-order chi connectivity index (χ0) is 16.4. The topological polar surface area (TPSA) is 44.4 Å². The van der Waals surface area contributed by atoms with Crippen molar-refractivity contribution in [3.8, 4) is 0 Å². The molecule has 23 heavy (non-hydrogen) atoms. The van der Waals surface area contributed by atoms with E-state index < -0.39 is 12.7 Å². The number of nitrogens with one attached hydrogen (secondary N) is 2. The lowest BCUT2D eigenvalue weighted by atomic mass is 9.85. The molecule has 0 aromatic heterocycles. The molecular weight excluding hydrogens is 307 g/mol. The van der Waals surface area contributed by atoms with Gasteiger partial charge >= 0.3 is 6.18 Å². The number of amides is 1. The molecule has 0 spiro atoms. The molecule has 1 amide bonds. The van der Waals surface area contributed by atoms with Crippen LogP contribution in [0.25, 0.3) is 0 Å². The predicted octanol–water partition coefficient (Wildman–Crippen LogP) is 1.91. The van der Waals surface area contributed by atoms with Gasteiger partial charge in [0.15, 0.2) is 0 Å². The summed E-state index contributed by atoms with van der Waals surface area (Å²) >= 11 is 0. The van der Waals surface area contributed by atoms with E-state index in [0.29, 0.717) is 31.6 Å². The average Bonchev–Trinajstić information content (AvgIpc) is 3.09. The van der Waals surface area contributed by atoms with Crippen LogP contribution in [0.4, 0.5) is 13.2 Å². The molecule has 3 rings (SSSR count). The van der Waals surface area contributed by atoms with Gasteiger partial charge in [-0.1, -0.05) is 12.8 Å². The second kappa shape index (κ2) is 6.97. The van der Waals surface area contributed by atoms with Gasteiger partial charge in [-0.25, -0.2) is 0 Å². The molecule has 1 aliphatic carbocycles. The lowest BCUT2D eigenvalue weighted by molar-refractivity contribution is -0.143. The third kappa shape index (κ3) is 4.59. The Hall–Kier alpha value is -0.820. The Morgan fingerprint density at radius 1 is 1.22 bits per heavy atom. The van der Waals surface area contributed by atoms with Gasteiger partial charge in [-0.15, -0.1) is 0 Å². The van der Waals surface area contributed by atoms with E-state index in [0.717, 1.165) is 19.3 Å². The molecule has 0 aromatic carbocycles. The third-order valence-electron chi connectivity index (χ3n) is 5.52. The lowest BCUT2D eigenvalue weighted by Crippen LogP contribution is -2.44. The SMILES string of the molecule is O=C(NCC1CCN(CC(F)(F)F)C1)C1CC2CCCCC2N1. The first-order chi connectivity index (χ1) is 10.9. The fourth-order valence-corrected chi connectivity index (χ4v) is 4.37. The van der Waals surface area contributed by atoms with Crippen LogP contribution in [0.2, 0.25) is 0 Å². The van der Waals surface area contributed by atoms with Crippen molar-refractivity contribution in [1.82, 2.24) is 15.5 Å². The molecule has 1 saturated carbocycles. The van der Waals surface area contributed by atoms with Crippen molar-refractivity contribution in [1.29, 1.82) is 0 Å². The van der Waals surface area contributed by atoms with E-state index in [9.17, 15) is 18.0 Å². The summed E-state index contributed by atoms with van der Waals surface area (Å²) in [5.74, 6) is 0.770. The van der Waals surface area contributed by atoms with Gasteiger partial charge in [-0.3, -0.25) is 9.69 Å². The zero-order valence-corrected chi connectivity index (χ0v) is 13.4. The highest BCUT2D eigenvalue weighted by molar-refractivity contribution is 5.82. The molecule has 7 heteroatoms. The first kappa shape index (κ1) is 17.0. The molecule has 0 radical (unpaired) electrons. The van der Waals surface area contributed by atoms with Crippen molar-refractivity contribution in [3.05, 3.63) is 0 Å². The van der Waals surface area contributed by atoms with Crippen molar-refractivity contribution in [2.24, 2.45) is 11.8 Å². The lowest BCUT2D eigenvalue weighted by Gasteiger charge is -2.24. The molecule has 2 saturated heterocycles. The molecule has 3 fully saturated rings. The minimum Gasteiger partial charge on any atom is -0.354 e. The summed E-state index contributed by atoms with van der Waals surface area (Å²) in [6.45, 7) is 0.528. The molecule has 3 aliphatic rings. The molecule has 2 N–H and O–H groups in total. The van der Waals surface area contributed by atoms with Crippen LogP contribution >= 0.6 is 0 Å². The largest absolute Gasteiger partial charge is 0.401 e. The maximum Gasteiger partial charge on any atom is 0.401 e. The van der Waals surface area contributed by atoms with Crippen molar-refractivity contribution < 1.29 is 18.0 Å². The van der Waals surface area contributed by atoms with Crippen molar-refractivity contribution in [3.63, 3.8) is 0 Å². The van der Waals surface area contributed by atoms with Crippen LogP contribution < -0.4 is 10.6 Å². The molecular formula is C16H26F3N3O. The Kier molecular flexibility index (Phi) is 5.16. The maximum absolute atomic E-state index is 12.4. The standard InChI is InChI=1S/C16H26F3N3O/c17-16(18,19)10-22-6-5-11(9-22)8-20-15(23)14-7-12-3-1-2-4-13(12)21-14/h11-14,21H,1-10H2,(H,20,23). The molecule has 0 bridgehead atoms. The van der Waals surface area contributed by atoms with E-state index in [1.165, 1.54) is 24.2 Å². The Bertz CT molecular complexity index is 415. The maximum atomic E-state index is 12.4. The first-order valence-electron chi connectivity index (χ1n) is 8.73. The first-order valence-corrected chi connectivity index (χ1v) is 8.73. The van der Waals surface area contributed by atoms with E-state index in [1.807, 2.05) is 0 Å². The number of hydrogen-bond acceptors (Lipinski definition) is 3. The van der Waals surface area contributed by atoms with Crippen LogP contribution in [-0.2, 0) is 4.79 Å². The minimum atomic E-state index is -4.14. The zero-order valence-electron chi connectivity index (χ0n) is 13.4. The third-order valence-corrected chi connectivity index (χ3v) is 5.52. The number of halogens is 3. The fourth-order valence-electron chi connectivity index (χ4n) is 4.37. The highest BCUT2D eigenvalue weighted by atomic mass is 19.4. The number of carbonyl (C=O) groups is 1. The monoisotopic (exact) mass is 333 g/mol. The Morgan fingerprint density at radius 2 is 2.00 bits per heavy atom. The summed E-state index contributed by atoms with van der Waals surface area (Å²) in [6, 6.07) is 0.365. The van der Waals surface area contributed by atoms with Gasteiger partial charge in [0.2, 0.25) is 5.91 Å². The normalized spacial score (nSPS) is 35.3. The van der Waals surface area contributed by atoms with Gasteiger partial charge in [0.25, 0.3) is 0 Å². The second-order valence-electron chi connectivity index (χ2n) is 7.36. The fraction of sp³-hybridized carbons (Fsp3) is 0.938. The van der Waals surface area contributed by atoms with Gasteiger partial charge < -0.3 is 10.6 Å². The van der Waals surface area contributed by atoms with E-state index in [-0.39, 0.29) is 17.9 Å². The van der Waals surface area contributed by atoms with E-state index in [2.05, 4.69) is 10.6 Å². The number of alkyl halides is 3. The Labute approximate surface area is 135 Å². The van der Waals surface area contributed by atoms with Crippen LogP contribution in [0.5, 0.6) is 0 Å². The van der Waals surface area contributed by atoms with Crippen LogP contribution in [0.3, 0.4) is 0 Å². The molecule has 4 atom stereocenters. The minimum absolute atomic E-state index is 0.0219. The van der Waals surface area contributed by atoms with Gasteiger partial charge in [0.05, 0.1) is 12.6 Å². The van der Waals surface area contributed by atoms with Crippen LogP contribution in [0.15, 0.2) is 0 Å². The van der Waals surface area contributed by atoms with Crippen molar-refractivity contribution >= 4 is 5.91 Å². The quantitative estimate of drug-likeness (QED) is 0.826. The molecule has 132 valence electrons. The van der Waals surface area contributed by atoms with Crippen LogP contribution in [0, 0.1) is 11.8 Å². The van der Waals surface area contributed by atoms with E-state index in [1.54, 1.807) is 0 Å². The molecule has 2 aliphatic heterocycles. The molecule has 0 aromatic rings. The number of fused-ring (bicyclic) bond motifs is 1. The van der Waals surface area contributed by atoms with E-state index >= 15 is 0 Å². The van der Waals surface area contributed by atoms with Crippen molar-refractivity contribution in [2.75, 3.05) is 26.2 Å². The molecule has 4 nitrogen and oxygen atoms in total. The summed E-state index contributed by atoms with van der Waals surface area (Å²) in [5.41, 5.74) is 0. The summed E-state index contributed by atoms with van der Waals surface area (Å²) in [7, 11) is 0. The summed E-state index contributed by atoms with van der Waals surface area (Å²) in [5, 5.41) is 6.39. The predicted molar refractivity (Wildman–Crippen MR) is 80.9 cm³/mol. The highest BCUT2D eigenvalue weighted by Gasteiger charge is 2.38. The van der Waals surface area contributed by atoms with Gasteiger partial charge in [-0.05, 0) is 44.1 Å². The van der Waals surface area contributed by atoms with Crippen LogP contribution in [0.1, 0.15) is 38.5 Å². The average molecular weight is 333 g/mol. The van der Waals surface area contributed by atoms with Crippen molar-refractivity contribution in [2.45, 2.75) is 56.8 Å². The van der Waals surface area contributed by atoms with Gasteiger partial charge in [0.1, 0.15) is 0 Å². The molecule has 2 heterocycles. The van der Waals surface area contributed by atoms with Gasteiger partial charge in [-0.2, -0.15) is 13.2 Å². The van der Waals surface area contributed by atoms with Gasteiger partial charge in [0, 0.05) is 19.1 Å².